The van der Waals surface area contributed by atoms with Crippen LogP contribution in [0.25, 0.3) is 0 Å². The molecule has 58 valence electrons. The number of carbonyl (C=O) groups excluding carboxylic acids is 1. The van der Waals surface area contributed by atoms with Crippen molar-refractivity contribution >= 4 is 6.03 Å². The Kier molecular flexibility index (Phi) is 1.21. The number of rotatable bonds is 0. The molecule has 0 fully saturated rings. The second kappa shape index (κ2) is 2.08. The lowest BCUT2D eigenvalue weighted by molar-refractivity contribution is 0.234. The average molecular weight is 151 g/mol. The number of nitrogens with zero attached hydrogens (tertiary/aromatic N) is 2. The van der Waals surface area contributed by atoms with E-state index < -0.39 is 0 Å². The topological polar surface area (TPSA) is 46.9 Å². The van der Waals surface area contributed by atoms with Crippen molar-refractivity contribution in [1.82, 2.24) is 14.9 Å². The van der Waals surface area contributed by atoms with Gasteiger partial charge in [-0.25, -0.2) is 9.78 Å². The van der Waals surface area contributed by atoms with E-state index in [2.05, 4.69) is 10.3 Å². The van der Waals surface area contributed by atoms with Gasteiger partial charge in [-0.2, -0.15) is 0 Å². The molecule has 1 amide bonds. The van der Waals surface area contributed by atoms with E-state index in [0.29, 0.717) is 0 Å². The highest BCUT2D eigenvalue weighted by Gasteiger charge is 2.19. The number of hydrogen-bond acceptors (Lipinski definition) is 2. The first-order chi connectivity index (χ1) is 5.27. The molecule has 1 aliphatic heterocycles. The van der Waals surface area contributed by atoms with E-state index >= 15 is 0 Å². The molecule has 0 bridgehead atoms. The van der Waals surface area contributed by atoms with Crippen LogP contribution in [-0.2, 0) is 6.42 Å². The average Bonchev–Trinajstić information content (AvgIpc) is 2.34. The van der Waals surface area contributed by atoms with Crippen molar-refractivity contribution < 1.29 is 4.79 Å². The molecule has 0 saturated carbocycles. The van der Waals surface area contributed by atoms with Gasteiger partial charge in [0.25, 0.3) is 0 Å². The Hall–Kier alpha value is -1.32. The monoisotopic (exact) mass is 151 g/mol. The molecule has 11 heavy (non-hydrogen) atoms. The molecule has 0 aromatic carbocycles. The summed E-state index contributed by atoms with van der Waals surface area (Å²) in [7, 11) is 0. The summed E-state index contributed by atoms with van der Waals surface area (Å²) < 4.78 is 1.54. The molecule has 1 aromatic rings. The number of amides is 1. The lowest BCUT2D eigenvalue weighted by atomic mass is 10.1. The van der Waals surface area contributed by atoms with Gasteiger partial charge in [-0.15, -0.1) is 0 Å². The van der Waals surface area contributed by atoms with Gasteiger partial charge < -0.3 is 5.32 Å². The summed E-state index contributed by atoms with van der Waals surface area (Å²) in [5.74, 6) is 0. The molecular formula is C7H9N3O. The SMILES string of the molecule is CC1Cc2cncn2C(=O)N1. The molecule has 1 aliphatic rings. The normalized spacial score (nSPS) is 22.6. The van der Waals surface area contributed by atoms with Gasteiger partial charge >= 0.3 is 6.03 Å². The van der Waals surface area contributed by atoms with Crippen molar-refractivity contribution in [3.05, 3.63) is 18.2 Å². The highest BCUT2D eigenvalue weighted by atomic mass is 16.2. The van der Waals surface area contributed by atoms with E-state index in [0.717, 1.165) is 12.1 Å². The number of carbonyl (C=O) groups is 1. The first-order valence-electron chi connectivity index (χ1n) is 3.59. The molecule has 0 radical (unpaired) electrons. The van der Waals surface area contributed by atoms with Gasteiger partial charge in [-0.3, -0.25) is 4.57 Å². The fourth-order valence-corrected chi connectivity index (χ4v) is 1.30. The van der Waals surface area contributed by atoms with Crippen LogP contribution in [0.5, 0.6) is 0 Å². The number of hydrogen-bond donors (Lipinski definition) is 1. The van der Waals surface area contributed by atoms with Gasteiger partial charge in [0.2, 0.25) is 0 Å². The third kappa shape index (κ3) is 0.906. The molecule has 4 nitrogen and oxygen atoms in total. The van der Waals surface area contributed by atoms with E-state index in [1.54, 1.807) is 10.8 Å². The molecule has 4 heteroatoms. The Morgan fingerprint density at radius 2 is 2.64 bits per heavy atom. The Bertz CT molecular complexity index is 292. The fraction of sp³-hybridized carbons (Fsp3) is 0.429. The number of fused-ring (bicyclic) bond motifs is 1. The highest BCUT2D eigenvalue weighted by Crippen LogP contribution is 2.07. The van der Waals surface area contributed by atoms with E-state index in [9.17, 15) is 4.79 Å². The van der Waals surface area contributed by atoms with Gasteiger partial charge in [0, 0.05) is 24.4 Å². The van der Waals surface area contributed by atoms with E-state index in [1.807, 2.05) is 6.92 Å². The van der Waals surface area contributed by atoms with Crippen LogP contribution in [0.3, 0.4) is 0 Å². The molecule has 1 unspecified atom stereocenters. The lowest BCUT2D eigenvalue weighted by Gasteiger charge is -2.20. The first-order valence-corrected chi connectivity index (χ1v) is 3.59. The Labute approximate surface area is 64.2 Å². The minimum absolute atomic E-state index is 0.0729. The summed E-state index contributed by atoms with van der Waals surface area (Å²) in [6.45, 7) is 1.98. The Balaban J connectivity index is 2.44. The number of aromatic nitrogens is 2. The Morgan fingerprint density at radius 3 is 3.45 bits per heavy atom. The molecule has 1 atom stereocenters. The van der Waals surface area contributed by atoms with E-state index in [4.69, 9.17) is 0 Å². The van der Waals surface area contributed by atoms with Crippen molar-refractivity contribution in [2.24, 2.45) is 0 Å². The third-order valence-electron chi connectivity index (χ3n) is 1.82. The highest BCUT2D eigenvalue weighted by molar-refractivity contribution is 5.78. The van der Waals surface area contributed by atoms with Crippen LogP contribution in [0.1, 0.15) is 12.6 Å². The second-order valence-electron chi connectivity index (χ2n) is 2.81. The van der Waals surface area contributed by atoms with Crippen molar-refractivity contribution in [1.29, 1.82) is 0 Å². The summed E-state index contributed by atoms with van der Waals surface area (Å²) in [5, 5.41) is 2.81. The minimum atomic E-state index is -0.0729. The molecule has 2 heterocycles. The van der Waals surface area contributed by atoms with Gasteiger partial charge in [-0.1, -0.05) is 0 Å². The molecule has 1 aromatic heterocycles. The maximum atomic E-state index is 11.2. The van der Waals surface area contributed by atoms with E-state index in [-0.39, 0.29) is 12.1 Å². The zero-order valence-electron chi connectivity index (χ0n) is 6.24. The zero-order valence-corrected chi connectivity index (χ0v) is 6.24. The van der Waals surface area contributed by atoms with Crippen LogP contribution in [0.2, 0.25) is 0 Å². The maximum Gasteiger partial charge on any atom is 0.327 e. The summed E-state index contributed by atoms with van der Waals surface area (Å²) in [6.07, 6.45) is 4.14. The standard InChI is InChI=1S/C7H9N3O/c1-5-2-6-3-8-4-10(6)7(11)9-5/h3-5H,2H2,1H3,(H,9,11). The minimum Gasteiger partial charge on any atom is -0.335 e. The van der Waals surface area contributed by atoms with Crippen LogP contribution in [-0.4, -0.2) is 21.6 Å². The van der Waals surface area contributed by atoms with Gasteiger partial charge in [0.05, 0.1) is 0 Å². The van der Waals surface area contributed by atoms with Gasteiger partial charge in [0.15, 0.2) is 0 Å². The summed E-state index contributed by atoms with van der Waals surface area (Å²) in [5.41, 5.74) is 0.987. The molecule has 1 N–H and O–H groups in total. The van der Waals surface area contributed by atoms with Crippen molar-refractivity contribution in [3.63, 3.8) is 0 Å². The smallest absolute Gasteiger partial charge is 0.327 e. The summed E-state index contributed by atoms with van der Waals surface area (Å²) >= 11 is 0. The molecule has 0 aliphatic carbocycles. The lowest BCUT2D eigenvalue weighted by Crippen LogP contribution is -2.42. The van der Waals surface area contributed by atoms with Crippen LogP contribution >= 0.6 is 0 Å². The van der Waals surface area contributed by atoms with Crippen molar-refractivity contribution in [3.8, 4) is 0 Å². The second-order valence-corrected chi connectivity index (χ2v) is 2.81. The van der Waals surface area contributed by atoms with E-state index in [1.165, 1.54) is 6.33 Å². The quantitative estimate of drug-likeness (QED) is 0.583. The zero-order chi connectivity index (χ0) is 7.84. The molecule has 0 spiro atoms. The van der Waals surface area contributed by atoms with Crippen LogP contribution in [0.4, 0.5) is 4.79 Å². The van der Waals surface area contributed by atoms with Crippen LogP contribution in [0.15, 0.2) is 12.5 Å². The van der Waals surface area contributed by atoms with Crippen molar-refractivity contribution in [2.75, 3.05) is 0 Å². The van der Waals surface area contributed by atoms with Crippen molar-refractivity contribution in [2.45, 2.75) is 19.4 Å². The molecular weight excluding hydrogens is 142 g/mol. The Morgan fingerprint density at radius 1 is 1.82 bits per heavy atom. The molecule has 0 saturated heterocycles. The maximum absolute atomic E-state index is 11.2. The number of nitrogens with one attached hydrogen (secondary N) is 1. The summed E-state index contributed by atoms with van der Waals surface area (Å²) in [6, 6.07) is 0.156. The largest absolute Gasteiger partial charge is 0.335 e. The third-order valence-corrected chi connectivity index (χ3v) is 1.82. The number of imidazole rings is 1. The summed E-state index contributed by atoms with van der Waals surface area (Å²) in [4.78, 5) is 15.1. The van der Waals surface area contributed by atoms with Gasteiger partial charge in [0.1, 0.15) is 6.33 Å². The predicted octanol–water partition coefficient (Wildman–Crippen LogP) is 0.385. The fourth-order valence-electron chi connectivity index (χ4n) is 1.30. The first kappa shape index (κ1) is 6.39. The van der Waals surface area contributed by atoms with Crippen LogP contribution < -0.4 is 5.32 Å². The van der Waals surface area contributed by atoms with Gasteiger partial charge in [-0.05, 0) is 6.92 Å². The predicted molar refractivity (Wildman–Crippen MR) is 39.3 cm³/mol. The molecule has 2 rings (SSSR count). The van der Waals surface area contributed by atoms with Crippen LogP contribution in [0, 0.1) is 0 Å².